The molecule has 0 aromatic carbocycles. The molecule has 2 saturated heterocycles. The van der Waals surface area contributed by atoms with Crippen LogP contribution in [0.1, 0.15) is 27.7 Å². The Balaban J connectivity index is 2.13. The van der Waals surface area contributed by atoms with Crippen molar-refractivity contribution >= 4 is 0 Å². The number of ether oxygens (including phenoxy) is 4. The molecule has 5 N–H and O–H groups in total. The second-order valence-electron chi connectivity index (χ2n) is 6.66. The van der Waals surface area contributed by atoms with Crippen molar-refractivity contribution in [3.63, 3.8) is 0 Å². The number of hydrogen-bond acceptors (Lipinski definition) is 9. The summed E-state index contributed by atoms with van der Waals surface area (Å²) in [6, 6.07) is 0. The maximum Gasteiger partial charge on any atom is 0.187 e. The lowest BCUT2D eigenvalue weighted by molar-refractivity contribution is -0.365. The van der Waals surface area contributed by atoms with E-state index in [-0.39, 0.29) is 6.10 Å². The fourth-order valence-electron chi connectivity index (χ4n) is 2.81. The van der Waals surface area contributed by atoms with Gasteiger partial charge in [0.25, 0.3) is 0 Å². The molecule has 0 aromatic heterocycles. The van der Waals surface area contributed by atoms with Crippen LogP contribution in [0.15, 0.2) is 0 Å². The molecular weight excluding hydrogens is 324 g/mol. The fourth-order valence-corrected chi connectivity index (χ4v) is 2.81. The van der Waals surface area contributed by atoms with Crippen molar-refractivity contribution in [3.05, 3.63) is 0 Å². The summed E-state index contributed by atoms with van der Waals surface area (Å²) in [5.74, 6) is 0. The van der Waals surface area contributed by atoms with Gasteiger partial charge in [0, 0.05) is 0 Å². The lowest BCUT2D eigenvalue weighted by atomic mass is 9.98. The number of hydrogen-bond donors (Lipinski definition) is 5. The SMILES string of the molecule is CC(C)OC1O[C@@H](C)[C@H](O)[C@@H](O)[C@H]1OC1O[C@@H](C)[C@H](O)[C@@H](O)[C@H]1O. The Morgan fingerprint density at radius 1 is 0.708 bits per heavy atom. The molecule has 2 aliphatic rings. The third-order valence-corrected chi connectivity index (χ3v) is 4.29. The van der Waals surface area contributed by atoms with Gasteiger partial charge in [0.2, 0.25) is 0 Å². The average molecular weight is 352 g/mol. The minimum Gasteiger partial charge on any atom is -0.388 e. The normalized spacial score (nSPS) is 50.2. The topological polar surface area (TPSA) is 138 Å². The van der Waals surface area contributed by atoms with E-state index in [0.29, 0.717) is 0 Å². The molecule has 10 atom stereocenters. The first-order chi connectivity index (χ1) is 11.1. The van der Waals surface area contributed by atoms with E-state index in [1.165, 1.54) is 6.92 Å². The second-order valence-corrected chi connectivity index (χ2v) is 6.66. The first-order valence-electron chi connectivity index (χ1n) is 8.15. The number of rotatable bonds is 4. The standard InChI is InChI=1S/C15H28O9/c1-5(2)21-15-13(11(19)9(17)7(4)23-15)24-14-12(20)10(18)8(16)6(3)22-14/h5-20H,1-4H3/t6-,7-,8-,9-,10+,11+,12+,13+,14?,15?/m0/s1. The molecule has 9 nitrogen and oxygen atoms in total. The van der Waals surface area contributed by atoms with Gasteiger partial charge >= 0.3 is 0 Å². The molecule has 0 saturated carbocycles. The Morgan fingerprint density at radius 2 is 1.21 bits per heavy atom. The molecule has 142 valence electrons. The third-order valence-electron chi connectivity index (χ3n) is 4.29. The minimum atomic E-state index is -1.53. The lowest BCUT2D eigenvalue weighted by Crippen LogP contribution is -2.63. The molecule has 2 rings (SSSR count). The Hall–Kier alpha value is -0.360. The summed E-state index contributed by atoms with van der Waals surface area (Å²) in [5, 5.41) is 49.9. The van der Waals surface area contributed by atoms with Gasteiger partial charge in [-0.2, -0.15) is 0 Å². The molecule has 0 aromatic rings. The summed E-state index contributed by atoms with van der Waals surface area (Å²) in [7, 11) is 0. The molecule has 2 aliphatic heterocycles. The summed E-state index contributed by atoms with van der Waals surface area (Å²) in [6.07, 6.45) is -12.0. The number of aliphatic hydroxyl groups is 5. The van der Waals surface area contributed by atoms with Gasteiger partial charge in [-0.1, -0.05) is 0 Å². The predicted molar refractivity (Wildman–Crippen MR) is 79.8 cm³/mol. The summed E-state index contributed by atoms with van der Waals surface area (Å²) in [6.45, 7) is 6.66. The second kappa shape index (κ2) is 7.90. The van der Waals surface area contributed by atoms with Crippen LogP contribution < -0.4 is 0 Å². The molecule has 24 heavy (non-hydrogen) atoms. The summed E-state index contributed by atoms with van der Waals surface area (Å²) >= 11 is 0. The highest BCUT2D eigenvalue weighted by molar-refractivity contribution is 4.92. The molecule has 2 heterocycles. The van der Waals surface area contributed by atoms with Crippen LogP contribution in [0.3, 0.4) is 0 Å². The average Bonchev–Trinajstić information content (AvgIpc) is 2.51. The minimum absolute atomic E-state index is 0.237. The van der Waals surface area contributed by atoms with Gasteiger partial charge in [0.05, 0.1) is 18.3 Å². The molecule has 0 radical (unpaired) electrons. The Bertz CT molecular complexity index is 406. The van der Waals surface area contributed by atoms with E-state index in [1.54, 1.807) is 20.8 Å². The van der Waals surface area contributed by atoms with E-state index in [1.807, 2.05) is 0 Å². The molecule has 2 fully saturated rings. The van der Waals surface area contributed by atoms with Crippen molar-refractivity contribution in [2.75, 3.05) is 0 Å². The van der Waals surface area contributed by atoms with Gasteiger partial charge in [0.1, 0.15) is 36.6 Å². The van der Waals surface area contributed by atoms with Crippen LogP contribution in [0.25, 0.3) is 0 Å². The van der Waals surface area contributed by atoms with E-state index in [4.69, 9.17) is 18.9 Å². The van der Waals surface area contributed by atoms with Crippen molar-refractivity contribution in [1.29, 1.82) is 0 Å². The summed E-state index contributed by atoms with van der Waals surface area (Å²) in [5.41, 5.74) is 0. The maximum absolute atomic E-state index is 10.3. The van der Waals surface area contributed by atoms with Gasteiger partial charge in [-0.15, -0.1) is 0 Å². The summed E-state index contributed by atoms with van der Waals surface area (Å²) in [4.78, 5) is 0. The zero-order valence-electron chi connectivity index (χ0n) is 14.2. The predicted octanol–water partition coefficient (Wildman–Crippen LogP) is -1.91. The van der Waals surface area contributed by atoms with Gasteiger partial charge in [0.15, 0.2) is 12.6 Å². The van der Waals surface area contributed by atoms with Crippen molar-refractivity contribution in [2.45, 2.75) is 95.2 Å². The molecule has 0 aliphatic carbocycles. The van der Waals surface area contributed by atoms with Crippen LogP contribution in [-0.2, 0) is 18.9 Å². The van der Waals surface area contributed by atoms with Crippen LogP contribution in [-0.4, -0.2) is 93.0 Å². The molecule has 9 heteroatoms. The van der Waals surface area contributed by atoms with E-state index >= 15 is 0 Å². The smallest absolute Gasteiger partial charge is 0.187 e. The van der Waals surface area contributed by atoms with E-state index in [2.05, 4.69) is 0 Å². The first-order valence-corrected chi connectivity index (χ1v) is 8.15. The van der Waals surface area contributed by atoms with Gasteiger partial charge in [-0.05, 0) is 27.7 Å². The zero-order valence-corrected chi connectivity index (χ0v) is 14.2. The van der Waals surface area contributed by atoms with Crippen LogP contribution >= 0.6 is 0 Å². The molecule has 2 unspecified atom stereocenters. The Kier molecular flexibility index (Phi) is 6.57. The van der Waals surface area contributed by atoms with E-state index in [0.717, 1.165) is 0 Å². The molecule has 0 spiro atoms. The first kappa shape index (κ1) is 20.0. The molecular formula is C15H28O9. The van der Waals surface area contributed by atoms with Crippen LogP contribution in [0.4, 0.5) is 0 Å². The van der Waals surface area contributed by atoms with Crippen LogP contribution in [0.5, 0.6) is 0 Å². The molecule has 0 bridgehead atoms. The Morgan fingerprint density at radius 3 is 1.75 bits per heavy atom. The third kappa shape index (κ3) is 4.06. The van der Waals surface area contributed by atoms with Crippen molar-refractivity contribution in [3.8, 4) is 0 Å². The number of aliphatic hydroxyl groups excluding tert-OH is 5. The monoisotopic (exact) mass is 352 g/mol. The Labute approximate surface area is 140 Å². The summed E-state index contributed by atoms with van der Waals surface area (Å²) < 4.78 is 22.1. The van der Waals surface area contributed by atoms with E-state index < -0.39 is 61.4 Å². The maximum atomic E-state index is 10.3. The quantitative estimate of drug-likeness (QED) is 0.392. The van der Waals surface area contributed by atoms with Gasteiger partial charge in [-0.25, -0.2) is 0 Å². The molecule has 0 amide bonds. The van der Waals surface area contributed by atoms with E-state index in [9.17, 15) is 25.5 Å². The highest BCUT2D eigenvalue weighted by Crippen LogP contribution is 2.29. The highest BCUT2D eigenvalue weighted by atomic mass is 16.8. The van der Waals surface area contributed by atoms with Crippen LogP contribution in [0.2, 0.25) is 0 Å². The zero-order chi connectivity index (χ0) is 18.2. The largest absolute Gasteiger partial charge is 0.388 e. The van der Waals surface area contributed by atoms with Crippen molar-refractivity contribution < 1.29 is 44.5 Å². The van der Waals surface area contributed by atoms with Gasteiger partial charge < -0.3 is 44.5 Å². The van der Waals surface area contributed by atoms with Crippen molar-refractivity contribution in [1.82, 2.24) is 0 Å². The fraction of sp³-hybridized carbons (Fsp3) is 1.00. The lowest BCUT2D eigenvalue weighted by Gasteiger charge is -2.45. The van der Waals surface area contributed by atoms with Crippen LogP contribution in [0, 0.1) is 0 Å². The van der Waals surface area contributed by atoms with Gasteiger partial charge in [-0.3, -0.25) is 0 Å². The van der Waals surface area contributed by atoms with Crippen molar-refractivity contribution in [2.24, 2.45) is 0 Å². The highest BCUT2D eigenvalue weighted by Gasteiger charge is 2.49.